The van der Waals surface area contributed by atoms with Gasteiger partial charge in [0.2, 0.25) is 0 Å². The summed E-state index contributed by atoms with van der Waals surface area (Å²) in [6.45, 7) is 2.65. The molecule has 1 saturated carbocycles. The monoisotopic (exact) mass is 543 g/mol. The number of carbonyl (C=O) groups excluding carboxylic acids is 4. The highest BCUT2D eigenvalue weighted by Gasteiger charge is 2.20. The standard InChI is InChI=1S/C27H49N3O8/c1-35-24(31)19-28(14-10-13-23-11-8-6-5-7-9-12-23)15-16-29(20-25(32)36-2)17-18-30(21-26(33)37-3)22-27(34)38-4/h23H,5-22H2,1-4H3. The molecule has 11 nitrogen and oxygen atoms in total. The Morgan fingerprint density at radius 1 is 0.526 bits per heavy atom. The molecule has 0 aliphatic heterocycles. The highest BCUT2D eigenvalue weighted by molar-refractivity contribution is 5.75. The summed E-state index contributed by atoms with van der Waals surface area (Å²) < 4.78 is 19.2. The van der Waals surface area contributed by atoms with Crippen LogP contribution in [0.25, 0.3) is 0 Å². The third-order valence-electron chi connectivity index (χ3n) is 7.10. The number of esters is 4. The van der Waals surface area contributed by atoms with Gasteiger partial charge in [0.1, 0.15) is 0 Å². The summed E-state index contributed by atoms with van der Waals surface area (Å²) >= 11 is 0. The zero-order chi connectivity index (χ0) is 28.2. The van der Waals surface area contributed by atoms with E-state index in [1.165, 1.54) is 73.4 Å². The lowest BCUT2D eigenvalue weighted by Crippen LogP contribution is -2.45. The molecule has 11 heteroatoms. The summed E-state index contributed by atoms with van der Waals surface area (Å²) in [4.78, 5) is 53.3. The van der Waals surface area contributed by atoms with Gasteiger partial charge in [0, 0.05) is 26.2 Å². The SMILES string of the molecule is COC(=O)CN(CCCC1CCCCCCC1)CCN(CCN(CC(=O)OC)CC(=O)OC)CC(=O)OC. The van der Waals surface area contributed by atoms with Gasteiger partial charge in [-0.2, -0.15) is 0 Å². The van der Waals surface area contributed by atoms with Gasteiger partial charge in [0.05, 0.1) is 54.6 Å². The summed E-state index contributed by atoms with van der Waals surface area (Å²) in [6, 6.07) is 0. The Kier molecular flexibility index (Phi) is 18.4. The molecule has 1 fully saturated rings. The molecule has 0 radical (unpaired) electrons. The van der Waals surface area contributed by atoms with Crippen LogP contribution >= 0.6 is 0 Å². The molecule has 1 rings (SSSR count). The van der Waals surface area contributed by atoms with Gasteiger partial charge in [-0.25, -0.2) is 0 Å². The zero-order valence-electron chi connectivity index (χ0n) is 23.9. The van der Waals surface area contributed by atoms with Gasteiger partial charge >= 0.3 is 23.9 Å². The molecule has 0 amide bonds. The van der Waals surface area contributed by atoms with Gasteiger partial charge < -0.3 is 18.9 Å². The van der Waals surface area contributed by atoms with E-state index >= 15 is 0 Å². The number of methoxy groups -OCH3 is 4. The lowest BCUT2D eigenvalue weighted by Gasteiger charge is -2.29. The largest absolute Gasteiger partial charge is 0.468 e. The Bertz CT molecular complexity index is 680. The van der Waals surface area contributed by atoms with Gasteiger partial charge in [0.15, 0.2) is 0 Å². The molecule has 0 heterocycles. The van der Waals surface area contributed by atoms with Gasteiger partial charge in [-0.15, -0.1) is 0 Å². The van der Waals surface area contributed by atoms with Crippen molar-refractivity contribution in [1.82, 2.24) is 14.7 Å². The molecule has 0 aromatic carbocycles. The molecule has 0 unspecified atom stereocenters. The van der Waals surface area contributed by atoms with Crippen molar-refractivity contribution in [3.8, 4) is 0 Å². The van der Waals surface area contributed by atoms with Crippen LogP contribution in [0.3, 0.4) is 0 Å². The second-order valence-corrected chi connectivity index (χ2v) is 9.92. The van der Waals surface area contributed by atoms with E-state index in [0.717, 1.165) is 25.3 Å². The van der Waals surface area contributed by atoms with Crippen molar-refractivity contribution in [2.75, 3.05) is 87.3 Å². The number of ether oxygens (including phenoxy) is 4. The Morgan fingerprint density at radius 2 is 0.868 bits per heavy atom. The summed E-state index contributed by atoms with van der Waals surface area (Å²) in [5.74, 6) is -0.871. The van der Waals surface area contributed by atoms with E-state index in [4.69, 9.17) is 18.9 Å². The second kappa shape index (κ2) is 20.7. The van der Waals surface area contributed by atoms with Crippen molar-refractivity contribution >= 4 is 23.9 Å². The molecule has 1 aliphatic rings. The minimum Gasteiger partial charge on any atom is -0.468 e. The first kappa shape index (κ1) is 33.8. The van der Waals surface area contributed by atoms with Crippen molar-refractivity contribution in [2.45, 2.75) is 57.8 Å². The van der Waals surface area contributed by atoms with E-state index in [1.54, 1.807) is 4.90 Å². The minimum absolute atomic E-state index is 0.0505. The van der Waals surface area contributed by atoms with Crippen LogP contribution in [-0.4, -0.2) is 126 Å². The van der Waals surface area contributed by atoms with Crippen LogP contribution in [0.15, 0.2) is 0 Å². The molecule has 38 heavy (non-hydrogen) atoms. The van der Waals surface area contributed by atoms with E-state index in [0.29, 0.717) is 26.2 Å². The highest BCUT2D eigenvalue weighted by atomic mass is 16.5. The average Bonchev–Trinajstić information content (AvgIpc) is 2.90. The molecule has 0 N–H and O–H groups in total. The quantitative estimate of drug-likeness (QED) is 0.186. The predicted octanol–water partition coefficient (Wildman–Crippen LogP) is 1.73. The number of hydrogen-bond acceptors (Lipinski definition) is 11. The Labute approximate surface area is 228 Å². The summed E-state index contributed by atoms with van der Waals surface area (Å²) in [5.41, 5.74) is 0. The molecule has 1 aliphatic carbocycles. The second-order valence-electron chi connectivity index (χ2n) is 9.92. The fraction of sp³-hybridized carbons (Fsp3) is 0.852. The van der Waals surface area contributed by atoms with E-state index in [-0.39, 0.29) is 38.1 Å². The molecule has 220 valence electrons. The van der Waals surface area contributed by atoms with Gasteiger partial charge in [-0.1, -0.05) is 44.9 Å². The molecule has 0 spiro atoms. The Balaban J connectivity index is 2.74. The predicted molar refractivity (Wildman–Crippen MR) is 142 cm³/mol. The maximum Gasteiger partial charge on any atom is 0.319 e. The van der Waals surface area contributed by atoms with E-state index < -0.39 is 11.9 Å². The first-order chi connectivity index (χ1) is 18.3. The first-order valence-corrected chi connectivity index (χ1v) is 13.8. The van der Waals surface area contributed by atoms with Crippen LogP contribution in [-0.2, 0) is 38.1 Å². The third kappa shape index (κ3) is 15.9. The van der Waals surface area contributed by atoms with Crippen LogP contribution in [0.1, 0.15) is 57.8 Å². The van der Waals surface area contributed by atoms with Crippen LogP contribution in [0.2, 0.25) is 0 Å². The smallest absolute Gasteiger partial charge is 0.319 e. The lowest BCUT2D eigenvalue weighted by atomic mass is 9.88. The van der Waals surface area contributed by atoms with Gasteiger partial charge in [-0.05, 0) is 25.3 Å². The molecule has 0 aromatic heterocycles. The van der Waals surface area contributed by atoms with Gasteiger partial charge in [0.25, 0.3) is 0 Å². The highest BCUT2D eigenvalue weighted by Crippen LogP contribution is 2.25. The van der Waals surface area contributed by atoms with E-state index in [2.05, 4.69) is 4.90 Å². The number of nitrogens with zero attached hydrogens (tertiary/aromatic N) is 3. The van der Waals surface area contributed by atoms with Crippen LogP contribution < -0.4 is 0 Å². The first-order valence-electron chi connectivity index (χ1n) is 13.8. The average molecular weight is 544 g/mol. The van der Waals surface area contributed by atoms with Gasteiger partial charge in [-0.3, -0.25) is 33.9 Å². The molecule has 0 saturated heterocycles. The lowest BCUT2D eigenvalue weighted by molar-refractivity contribution is -0.146. The normalized spacial score (nSPS) is 14.7. The molecule has 0 aromatic rings. The minimum atomic E-state index is -0.470. The fourth-order valence-electron chi connectivity index (χ4n) is 4.74. The van der Waals surface area contributed by atoms with Crippen LogP contribution in [0.5, 0.6) is 0 Å². The fourth-order valence-corrected chi connectivity index (χ4v) is 4.74. The molecular formula is C27H49N3O8. The number of rotatable bonds is 18. The summed E-state index contributed by atoms with van der Waals surface area (Å²) in [6.07, 6.45) is 11.4. The molecular weight excluding hydrogens is 494 g/mol. The van der Waals surface area contributed by atoms with Crippen LogP contribution in [0.4, 0.5) is 0 Å². The number of hydrogen-bond donors (Lipinski definition) is 0. The van der Waals surface area contributed by atoms with Crippen molar-refractivity contribution in [3.05, 3.63) is 0 Å². The molecule has 0 atom stereocenters. The van der Waals surface area contributed by atoms with E-state index in [9.17, 15) is 19.2 Å². The molecule has 0 bridgehead atoms. The van der Waals surface area contributed by atoms with E-state index in [1.807, 2.05) is 4.90 Å². The zero-order valence-corrected chi connectivity index (χ0v) is 23.9. The van der Waals surface area contributed by atoms with Crippen molar-refractivity contribution in [3.63, 3.8) is 0 Å². The summed E-state index contributed by atoms with van der Waals surface area (Å²) in [5, 5.41) is 0. The topological polar surface area (TPSA) is 115 Å². The Hall–Kier alpha value is -2.24. The summed E-state index contributed by atoms with van der Waals surface area (Å²) in [7, 11) is 5.29. The number of carbonyl (C=O) groups is 4. The maximum absolute atomic E-state index is 12.1. The maximum atomic E-state index is 12.1. The Morgan fingerprint density at radius 3 is 1.29 bits per heavy atom. The van der Waals surface area contributed by atoms with Crippen molar-refractivity contribution in [2.24, 2.45) is 5.92 Å². The van der Waals surface area contributed by atoms with Crippen molar-refractivity contribution < 1.29 is 38.1 Å². The third-order valence-corrected chi connectivity index (χ3v) is 7.10. The van der Waals surface area contributed by atoms with Crippen molar-refractivity contribution in [1.29, 1.82) is 0 Å². The van der Waals surface area contributed by atoms with Crippen LogP contribution in [0, 0.1) is 5.92 Å².